The van der Waals surface area contributed by atoms with Gasteiger partial charge >= 0.3 is 0 Å². The fraction of sp³-hybridized carbons (Fsp3) is 0.360. The van der Waals surface area contributed by atoms with Gasteiger partial charge in [0.1, 0.15) is 11.5 Å². The van der Waals surface area contributed by atoms with Gasteiger partial charge in [0, 0.05) is 30.8 Å². The third kappa shape index (κ3) is 4.79. The number of aromatic nitrogens is 1. The number of carbonyl (C=O) groups excluding carboxylic acids is 1. The summed E-state index contributed by atoms with van der Waals surface area (Å²) in [6, 6.07) is 15.7. The molecule has 0 atom stereocenters. The van der Waals surface area contributed by atoms with Gasteiger partial charge in [-0.3, -0.25) is 4.79 Å². The summed E-state index contributed by atoms with van der Waals surface area (Å²) < 4.78 is 19.2. The zero-order valence-electron chi connectivity index (χ0n) is 18.1. The Balaban J connectivity index is 1.71. The molecule has 162 valence electrons. The summed E-state index contributed by atoms with van der Waals surface area (Å²) in [6.07, 6.45) is 2.26. The average molecular weight is 422 g/mol. The van der Waals surface area contributed by atoms with Crippen LogP contribution in [0.15, 0.2) is 59.1 Å². The largest absolute Gasteiger partial charge is 0.341 e. The number of carbonyl (C=O) groups is 1. The van der Waals surface area contributed by atoms with E-state index in [1.54, 1.807) is 12.1 Å². The zero-order valence-corrected chi connectivity index (χ0v) is 18.1. The van der Waals surface area contributed by atoms with Gasteiger partial charge in [0.05, 0.1) is 12.1 Å². The third-order valence-electron chi connectivity index (χ3n) is 5.77. The molecule has 0 N–H and O–H groups in total. The maximum absolute atomic E-state index is 13.4. The monoisotopic (exact) mass is 421 g/mol. The number of halogens is 1. The standard InChI is InChI=1S/C25H28FN3O2/c1-3-28(4-2)25-22(23(27-31-25)19-8-6-5-7-9-19)17-29(16-18-10-11-18)24(30)20-12-14-21(26)15-13-20/h5-9,12-15,18H,3-4,10-11,16-17H2,1-2H3. The van der Waals surface area contributed by atoms with E-state index in [-0.39, 0.29) is 11.7 Å². The van der Waals surface area contributed by atoms with Gasteiger partial charge < -0.3 is 14.3 Å². The smallest absolute Gasteiger partial charge is 0.254 e. The fourth-order valence-electron chi connectivity index (χ4n) is 3.82. The summed E-state index contributed by atoms with van der Waals surface area (Å²) in [6.45, 7) is 6.77. The Kier molecular flexibility index (Phi) is 6.35. The third-order valence-corrected chi connectivity index (χ3v) is 5.77. The molecule has 1 heterocycles. The number of nitrogens with zero attached hydrogens (tertiary/aromatic N) is 3. The van der Waals surface area contributed by atoms with Crippen molar-refractivity contribution in [1.29, 1.82) is 0 Å². The molecule has 1 aliphatic rings. The van der Waals surface area contributed by atoms with Gasteiger partial charge in [0.2, 0.25) is 5.88 Å². The molecule has 31 heavy (non-hydrogen) atoms. The molecular weight excluding hydrogens is 393 g/mol. The predicted molar refractivity (Wildman–Crippen MR) is 119 cm³/mol. The zero-order chi connectivity index (χ0) is 21.8. The minimum Gasteiger partial charge on any atom is -0.341 e. The van der Waals surface area contributed by atoms with Crippen molar-refractivity contribution in [1.82, 2.24) is 10.1 Å². The van der Waals surface area contributed by atoms with Gasteiger partial charge in [-0.15, -0.1) is 0 Å². The van der Waals surface area contributed by atoms with Crippen molar-refractivity contribution in [3.63, 3.8) is 0 Å². The van der Waals surface area contributed by atoms with Crippen LogP contribution >= 0.6 is 0 Å². The van der Waals surface area contributed by atoms with E-state index >= 15 is 0 Å². The lowest BCUT2D eigenvalue weighted by Gasteiger charge is -2.25. The second-order valence-electron chi connectivity index (χ2n) is 7.99. The molecule has 3 aromatic rings. The van der Waals surface area contributed by atoms with Crippen molar-refractivity contribution in [2.24, 2.45) is 5.92 Å². The molecule has 6 heteroatoms. The fourth-order valence-corrected chi connectivity index (χ4v) is 3.82. The van der Waals surface area contributed by atoms with Crippen LogP contribution in [0.25, 0.3) is 11.3 Å². The molecule has 0 aliphatic heterocycles. The summed E-state index contributed by atoms with van der Waals surface area (Å²) in [4.78, 5) is 17.3. The van der Waals surface area contributed by atoms with E-state index < -0.39 is 0 Å². The molecule has 0 spiro atoms. The average Bonchev–Trinajstić information content (AvgIpc) is 3.53. The lowest BCUT2D eigenvalue weighted by molar-refractivity contribution is 0.0735. The van der Waals surface area contributed by atoms with Crippen LogP contribution < -0.4 is 4.90 Å². The molecule has 1 aliphatic carbocycles. The highest BCUT2D eigenvalue weighted by Gasteiger charge is 2.30. The molecular formula is C25H28FN3O2. The molecule has 0 saturated heterocycles. The lowest BCUT2D eigenvalue weighted by Crippen LogP contribution is -2.33. The van der Waals surface area contributed by atoms with Crippen LogP contribution in [0, 0.1) is 11.7 Å². The highest BCUT2D eigenvalue weighted by molar-refractivity contribution is 5.94. The first-order valence-electron chi connectivity index (χ1n) is 10.9. The molecule has 2 aromatic carbocycles. The quantitative estimate of drug-likeness (QED) is 0.465. The second-order valence-corrected chi connectivity index (χ2v) is 7.99. The van der Waals surface area contributed by atoms with Crippen LogP contribution in [-0.2, 0) is 6.54 Å². The van der Waals surface area contributed by atoms with Crippen LogP contribution in [0.4, 0.5) is 10.3 Å². The van der Waals surface area contributed by atoms with Crippen molar-refractivity contribution in [3.05, 3.63) is 71.5 Å². The van der Waals surface area contributed by atoms with Gasteiger partial charge in [-0.2, -0.15) is 0 Å². The number of benzene rings is 2. The number of hydrogen-bond acceptors (Lipinski definition) is 4. The van der Waals surface area contributed by atoms with Crippen molar-refractivity contribution in [2.45, 2.75) is 33.2 Å². The number of amides is 1. The molecule has 1 saturated carbocycles. The van der Waals surface area contributed by atoms with Crippen molar-refractivity contribution in [2.75, 3.05) is 24.5 Å². The van der Waals surface area contributed by atoms with Gasteiger partial charge in [0.15, 0.2) is 0 Å². The summed E-state index contributed by atoms with van der Waals surface area (Å²) in [5.41, 5.74) is 3.12. The van der Waals surface area contributed by atoms with Gasteiger partial charge in [-0.25, -0.2) is 4.39 Å². The molecule has 1 amide bonds. The highest BCUT2D eigenvalue weighted by Crippen LogP contribution is 2.35. The maximum atomic E-state index is 13.4. The Hall–Kier alpha value is -3.15. The van der Waals surface area contributed by atoms with Gasteiger partial charge in [0.25, 0.3) is 5.91 Å². The van der Waals surface area contributed by atoms with Crippen molar-refractivity contribution < 1.29 is 13.7 Å². The van der Waals surface area contributed by atoms with Crippen molar-refractivity contribution in [3.8, 4) is 11.3 Å². The van der Waals surface area contributed by atoms with Crippen LogP contribution in [0.3, 0.4) is 0 Å². The van der Waals surface area contributed by atoms with E-state index in [0.29, 0.717) is 30.5 Å². The van der Waals surface area contributed by atoms with Gasteiger partial charge in [-0.05, 0) is 56.9 Å². The van der Waals surface area contributed by atoms with E-state index in [9.17, 15) is 9.18 Å². The van der Waals surface area contributed by atoms with Crippen LogP contribution in [0.5, 0.6) is 0 Å². The Bertz CT molecular complexity index is 1010. The highest BCUT2D eigenvalue weighted by atomic mass is 19.1. The molecule has 1 fully saturated rings. The van der Waals surface area contributed by atoms with E-state index in [4.69, 9.17) is 4.52 Å². The topological polar surface area (TPSA) is 49.6 Å². The Labute approximate surface area is 182 Å². The maximum Gasteiger partial charge on any atom is 0.254 e. The van der Waals surface area contributed by atoms with E-state index in [0.717, 1.165) is 42.8 Å². The Morgan fingerprint density at radius 2 is 1.74 bits per heavy atom. The van der Waals surface area contributed by atoms with E-state index in [2.05, 4.69) is 23.9 Å². The number of hydrogen-bond donors (Lipinski definition) is 0. The molecule has 5 nitrogen and oxygen atoms in total. The van der Waals surface area contributed by atoms with Crippen LogP contribution in [0.2, 0.25) is 0 Å². The Morgan fingerprint density at radius 3 is 2.35 bits per heavy atom. The molecule has 0 unspecified atom stereocenters. The van der Waals surface area contributed by atoms with Crippen molar-refractivity contribution >= 4 is 11.8 Å². The number of rotatable bonds is 9. The van der Waals surface area contributed by atoms with E-state index in [1.807, 2.05) is 35.2 Å². The second kappa shape index (κ2) is 9.33. The SMILES string of the molecule is CCN(CC)c1onc(-c2ccccc2)c1CN(CC1CC1)C(=O)c1ccc(F)cc1. The molecule has 1 aromatic heterocycles. The summed E-state index contributed by atoms with van der Waals surface area (Å²) in [5.74, 6) is 0.773. The molecule has 0 bridgehead atoms. The summed E-state index contributed by atoms with van der Waals surface area (Å²) in [7, 11) is 0. The molecule has 0 radical (unpaired) electrons. The predicted octanol–water partition coefficient (Wildman–Crippen LogP) is 5.38. The summed E-state index contributed by atoms with van der Waals surface area (Å²) in [5, 5.41) is 4.39. The van der Waals surface area contributed by atoms with Crippen LogP contribution in [-0.4, -0.2) is 35.6 Å². The molecule has 4 rings (SSSR count). The van der Waals surface area contributed by atoms with Gasteiger partial charge in [-0.1, -0.05) is 35.5 Å². The minimum atomic E-state index is -0.348. The minimum absolute atomic E-state index is 0.0994. The first-order chi connectivity index (χ1) is 15.1. The number of anilines is 1. The van der Waals surface area contributed by atoms with E-state index in [1.165, 1.54) is 12.1 Å². The normalized spacial score (nSPS) is 13.3. The Morgan fingerprint density at radius 1 is 1.06 bits per heavy atom. The first kappa shape index (κ1) is 21.1. The van der Waals surface area contributed by atoms with Crippen LogP contribution in [0.1, 0.15) is 42.6 Å². The lowest BCUT2D eigenvalue weighted by atomic mass is 10.1. The first-order valence-corrected chi connectivity index (χ1v) is 10.9. The summed E-state index contributed by atoms with van der Waals surface area (Å²) >= 11 is 0.